The van der Waals surface area contributed by atoms with Gasteiger partial charge in [-0.2, -0.15) is 0 Å². The van der Waals surface area contributed by atoms with Crippen LogP contribution in [0.25, 0.3) is 11.4 Å². The summed E-state index contributed by atoms with van der Waals surface area (Å²) in [6.07, 6.45) is 0.383. The second-order valence-electron chi connectivity index (χ2n) is 5.84. The average molecular weight is 368 g/mol. The highest BCUT2D eigenvalue weighted by atomic mass is 19.1. The first-order chi connectivity index (χ1) is 13.0. The molecule has 0 aliphatic heterocycles. The minimum atomic E-state index is -1.29. The first-order valence-electron chi connectivity index (χ1n) is 8.22. The summed E-state index contributed by atoms with van der Waals surface area (Å²) in [7, 11) is 1.48. The Morgan fingerprint density at radius 1 is 1.19 bits per heavy atom. The highest BCUT2D eigenvalue weighted by molar-refractivity contribution is 5.86. The van der Waals surface area contributed by atoms with Gasteiger partial charge in [-0.3, -0.25) is 9.36 Å². The van der Waals surface area contributed by atoms with Gasteiger partial charge in [0, 0.05) is 12.6 Å². The van der Waals surface area contributed by atoms with Gasteiger partial charge in [-0.1, -0.05) is 24.3 Å². The van der Waals surface area contributed by atoms with Crippen molar-refractivity contribution >= 4 is 5.97 Å². The highest BCUT2D eigenvalue weighted by Gasteiger charge is 2.17. The molecule has 3 rings (SSSR count). The van der Waals surface area contributed by atoms with E-state index >= 15 is 0 Å². The van der Waals surface area contributed by atoms with Gasteiger partial charge in [-0.25, -0.2) is 14.2 Å². The number of carboxylic acids is 1. The van der Waals surface area contributed by atoms with Crippen molar-refractivity contribution in [1.82, 2.24) is 9.55 Å². The van der Waals surface area contributed by atoms with E-state index < -0.39 is 11.5 Å². The molecule has 0 amide bonds. The topological polar surface area (TPSA) is 81.4 Å². The summed E-state index contributed by atoms with van der Waals surface area (Å²) in [5.41, 5.74) is 0.372. The van der Waals surface area contributed by atoms with Crippen LogP contribution in [-0.4, -0.2) is 27.7 Å². The molecule has 0 saturated carbocycles. The van der Waals surface area contributed by atoms with Gasteiger partial charge in [-0.05, 0) is 36.2 Å². The van der Waals surface area contributed by atoms with Crippen molar-refractivity contribution in [3.8, 4) is 17.1 Å². The van der Waals surface area contributed by atoms with Crippen LogP contribution in [0, 0.1) is 5.82 Å². The second-order valence-corrected chi connectivity index (χ2v) is 5.84. The highest BCUT2D eigenvalue weighted by Crippen LogP contribution is 2.27. The number of rotatable bonds is 6. The van der Waals surface area contributed by atoms with E-state index in [-0.39, 0.29) is 23.9 Å². The molecule has 0 radical (unpaired) electrons. The molecule has 0 aliphatic rings. The molecule has 0 fully saturated rings. The van der Waals surface area contributed by atoms with Crippen molar-refractivity contribution in [2.75, 3.05) is 7.11 Å². The van der Waals surface area contributed by atoms with E-state index in [9.17, 15) is 19.1 Å². The Labute approximate surface area is 154 Å². The summed E-state index contributed by atoms with van der Waals surface area (Å²) in [6, 6.07) is 14.0. The molecule has 0 bridgehead atoms. The SMILES string of the molecule is COc1ccccc1-c1nc(C(=O)O)cc(=O)n1CCc1cccc(F)c1. The number of nitrogens with zero attached hydrogens (tertiary/aromatic N) is 2. The molecule has 6 nitrogen and oxygen atoms in total. The Bertz CT molecular complexity index is 1050. The summed E-state index contributed by atoms with van der Waals surface area (Å²) in [4.78, 5) is 28.1. The van der Waals surface area contributed by atoms with Crippen LogP contribution in [0.1, 0.15) is 16.1 Å². The number of ether oxygens (including phenoxy) is 1. The van der Waals surface area contributed by atoms with Crippen LogP contribution < -0.4 is 10.3 Å². The van der Waals surface area contributed by atoms with Crippen LogP contribution in [0.4, 0.5) is 4.39 Å². The monoisotopic (exact) mass is 368 g/mol. The molecule has 1 N–H and O–H groups in total. The molecule has 27 heavy (non-hydrogen) atoms. The van der Waals surface area contributed by atoms with Crippen molar-refractivity contribution in [1.29, 1.82) is 0 Å². The number of para-hydroxylation sites is 1. The van der Waals surface area contributed by atoms with Crippen molar-refractivity contribution in [2.24, 2.45) is 0 Å². The van der Waals surface area contributed by atoms with Crippen molar-refractivity contribution < 1.29 is 19.0 Å². The zero-order valence-corrected chi connectivity index (χ0v) is 14.6. The van der Waals surface area contributed by atoms with Crippen LogP contribution in [0.2, 0.25) is 0 Å². The van der Waals surface area contributed by atoms with Gasteiger partial charge in [0.1, 0.15) is 17.4 Å². The minimum Gasteiger partial charge on any atom is -0.496 e. The van der Waals surface area contributed by atoms with Gasteiger partial charge in [-0.15, -0.1) is 0 Å². The molecule has 0 atom stereocenters. The number of halogens is 1. The van der Waals surface area contributed by atoms with E-state index in [0.717, 1.165) is 11.6 Å². The number of aromatic nitrogens is 2. The Morgan fingerprint density at radius 2 is 1.96 bits per heavy atom. The maximum absolute atomic E-state index is 13.4. The predicted octanol–water partition coefficient (Wildman–Crippen LogP) is 3.00. The molecule has 0 spiro atoms. The number of hydrogen-bond donors (Lipinski definition) is 1. The summed E-state index contributed by atoms with van der Waals surface area (Å²) in [5, 5.41) is 9.25. The van der Waals surface area contributed by atoms with Crippen LogP contribution in [0.5, 0.6) is 5.75 Å². The standard InChI is InChI=1S/C20H17FN2O4/c1-27-17-8-3-2-7-15(17)19-22-16(20(25)26)12-18(24)23(19)10-9-13-5-4-6-14(21)11-13/h2-8,11-12H,9-10H2,1H3,(H,25,26). The third kappa shape index (κ3) is 4.03. The zero-order valence-electron chi connectivity index (χ0n) is 14.6. The first-order valence-corrected chi connectivity index (χ1v) is 8.22. The van der Waals surface area contributed by atoms with E-state index in [0.29, 0.717) is 17.7 Å². The molecule has 1 heterocycles. The lowest BCUT2D eigenvalue weighted by Crippen LogP contribution is -2.26. The molecule has 0 saturated heterocycles. The Hall–Kier alpha value is -3.48. The minimum absolute atomic E-state index is 0.189. The lowest BCUT2D eigenvalue weighted by atomic mass is 10.1. The van der Waals surface area contributed by atoms with Crippen molar-refractivity contribution in [3.63, 3.8) is 0 Å². The fourth-order valence-corrected chi connectivity index (χ4v) is 2.80. The normalized spacial score (nSPS) is 10.6. The lowest BCUT2D eigenvalue weighted by Gasteiger charge is -2.15. The number of aryl methyl sites for hydroxylation is 1. The smallest absolute Gasteiger partial charge is 0.354 e. The third-order valence-electron chi connectivity index (χ3n) is 4.09. The van der Waals surface area contributed by atoms with Gasteiger partial charge in [0.2, 0.25) is 0 Å². The first kappa shape index (κ1) is 18.3. The zero-order chi connectivity index (χ0) is 19.4. The number of hydrogen-bond acceptors (Lipinski definition) is 4. The molecule has 138 valence electrons. The number of aromatic carboxylic acids is 1. The third-order valence-corrected chi connectivity index (χ3v) is 4.09. The molecule has 1 aromatic heterocycles. The van der Waals surface area contributed by atoms with E-state index in [1.807, 2.05) is 0 Å². The van der Waals surface area contributed by atoms with E-state index in [4.69, 9.17) is 4.74 Å². The van der Waals surface area contributed by atoms with Gasteiger partial charge in [0.15, 0.2) is 5.69 Å². The van der Waals surface area contributed by atoms with Crippen molar-refractivity contribution in [3.05, 3.63) is 82.0 Å². The molecule has 3 aromatic rings. The van der Waals surface area contributed by atoms with E-state index in [1.165, 1.54) is 23.8 Å². The molecule has 0 aliphatic carbocycles. The molecule has 0 unspecified atom stereocenters. The Balaban J connectivity index is 2.09. The van der Waals surface area contributed by atoms with Gasteiger partial charge in [0.05, 0.1) is 12.7 Å². The van der Waals surface area contributed by atoms with E-state index in [1.54, 1.807) is 36.4 Å². The number of methoxy groups -OCH3 is 1. The Morgan fingerprint density at radius 3 is 2.67 bits per heavy atom. The van der Waals surface area contributed by atoms with Crippen LogP contribution in [0.3, 0.4) is 0 Å². The Kier molecular flexibility index (Phi) is 5.30. The molecular formula is C20H17FN2O4. The number of benzene rings is 2. The second kappa shape index (κ2) is 7.82. The number of carbonyl (C=O) groups is 1. The summed E-state index contributed by atoms with van der Waals surface area (Å²) >= 11 is 0. The largest absolute Gasteiger partial charge is 0.496 e. The summed E-state index contributed by atoms with van der Waals surface area (Å²) in [6.45, 7) is 0.211. The summed E-state index contributed by atoms with van der Waals surface area (Å²) < 4.78 is 20.1. The molecule has 7 heteroatoms. The van der Waals surface area contributed by atoms with Crippen LogP contribution in [0.15, 0.2) is 59.4 Å². The lowest BCUT2D eigenvalue weighted by molar-refractivity contribution is 0.0690. The summed E-state index contributed by atoms with van der Waals surface area (Å²) in [5.74, 6) is -0.995. The molecule has 2 aromatic carbocycles. The van der Waals surface area contributed by atoms with Crippen LogP contribution >= 0.6 is 0 Å². The van der Waals surface area contributed by atoms with Gasteiger partial charge >= 0.3 is 5.97 Å². The van der Waals surface area contributed by atoms with Gasteiger partial charge in [0.25, 0.3) is 5.56 Å². The molecular weight excluding hydrogens is 351 g/mol. The quantitative estimate of drug-likeness (QED) is 0.723. The predicted molar refractivity (Wildman–Crippen MR) is 97.5 cm³/mol. The maximum atomic E-state index is 13.4. The van der Waals surface area contributed by atoms with E-state index in [2.05, 4.69) is 4.98 Å². The average Bonchev–Trinajstić information content (AvgIpc) is 2.66. The van der Waals surface area contributed by atoms with Gasteiger partial charge < -0.3 is 9.84 Å². The van der Waals surface area contributed by atoms with Crippen LogP contribution in [-0.2, 0) is 13.0 Å². The van der Waals surface area contributed by atoms with Crippen molar-refractivity contribution in [2.45, 2.75) is 13.0 Å². The fourth-order valence-electron chi connectivity index (χ4n) is 2.80. The fraction of sp³-hybridized carbons (Fsp3) is 0.150. The number of carboxylic acid groups (broad SMARTS) is 1. The maximum Gasteiger partial charge on any atom is 0.354 e.